The molecule has 2 rings (SSSR count). The van der Waals surface area contributed by atoms with Crippen LogP contribution in [0.5, 0.6) is 0 Å². The summed E-state index contributed by atoms with van der Waals surface area (Å²) in [6.07, 6.45) is -1.91. The van der Waals surface area contributed by atoms with Crippen molar-refractivity contribution in [1.82, 2.24) is 13.1 Å². The minimum absolute atomic E-state index is 0.108. The van der Waals surface area contributed by atoms with Gasteiger partial charge in [-0.15, -0.1) is 0 Å². The van der Waals surface area contributed by atoms with E-state index in [2.05, 4.69) is 8.51 Å². The first kappa shape index (κ1) is 14.6. The lowest BCUT2D eigenvalue weighted by molar-refractivity contribution is -0.0404. The predicted molar refractivity (Wildman–Crippen MR) is 74.5 cm³/mol. The zero-order valence-electron chi connectivity index (χ0n) is 10.1. The van der Waals surface area contributed by atoms with E-state index < -0.39 is 30.2 Å². The van der Waals surface area contributed by atoms with Crippen LogP contribution >= 0.6 is 22.9 Å². The SMILES string of the molecule is Cc1cn([C@@H]2O[C@H](CO)[C@@H](NI)[C@@H]2F)c(=O)nc1N. The second kappa shape index (κ2) is 5.69. The van der Waals surface area contributed by atoms with E-state index in [1.807, 2.05) is 0 Å². The molecule has 4 N–H and O–H groups in total. The van der Waals surface area contributed by atoms with Crippen LogP contribution in [0, 0.1) is 6.92 Å². The van der Waals surface area contributed by atoms with E-state index in [1.165, 1.54) is 6.20 Å². The van der Waals surface area contributed by atoms with Crippen molar-refractivity contribution >= 4 is 28.7 Å². The molecule has 2 heterocycles. The lowest BCUT2D eigenvalue weighted by Gasteiger charge is -2.17. The third-order valence-electron chi connectivity index (χ3n) is 3.08. The van der Waals surface area contributed by atoms with E-state index in [0.29, 0.717) is 5.56 Å². The van der Waals surface area contributed by atoms with Gasteiger partial charge in [0, 0.05) is 34.6 Å². The molecule has 4 atom stereocenters. The molecule has 9 heteroatoms. The summed E-state index contributed by atoms with van der Waals surface area (Å²) in [5, 5.41) is 9.16. The first-order chi connectivity index (χ1) is 8.99. The van der Waals surface area contributed by atoms with Crippen LogP contribution in [-0.4, -0.2) is 39.6 Å². The molecule has 1 aliphatic rings. The summed E-state index contributed by atoms with van der Waals surface area (Å²) < 4.78 is 23.4. The molecule has 1 saturated heterocycles. The Bertz CT molecular complexity index is 526. The number of aliphatic hydroxyl groups excluding tert-OH is 1. The number of aliphatic hydroxyl groups is 1. The van der Waals surface area contributed by atoms with E-state index in [9.17, 15) is 9.18 Å². The molecule has 0 aromatic carbocycles. The molecule has 106 valence electrons. The molecule has 0 amide bonds. The smallest absolute Gasteiger partial charge is 0.351 e. The van der Waals surface area contributed by atoms with Gasteiger partial charge in [0.1, 0.15) is 11.9 Å². The Morgan fingerprint density at radius 1 is 1.74 bits per heavy atom. The first-order valence-corrected chi connectivity index (χ1v) is 6.69. The van der Waals surface area contributed by atoms with Crippen LogP contribution in [0.4, 0.5) is 10.2 Å². The van der Waals surface area contributed by atoms with Gasteiger partial charge in [-0.2, -0.15) is 4.98 Å². The van der Waals surface area contributed by atoms with E-state index in [0.717, 1.165) is 4.57 Å². The summed E-state index contributed by atoms with van der Waals surface area (Å²) in [7, 11) is 0. The maximum atomic E-state index is 14.3. The number of aryl methyl sites for hydroxylation is 1. The van der Waals surface area contributed by atoms with Crippen molar-refractivity contribution in [2.45, 2.75) is 31.5 Å². The van der Waals surface area contributed by atoms with Gasteiger partial charge < -0.3 is 15.6 Å². The summed E-state index contributed by atoms with van der Waals surface area (Å²) in [6.45, 7) is 1.33. The average molecular weight is 384 g/mol. The van der Waals surface area contributed by atoms with Gasteiger partial charge in [-0.05, 0) is 6.92 Å². The number of anilines is 1. The van der Waals surface area contributed by atoms with Crippen LogP contribution in [-0.2, 0) is 4.74 Å². The molecule has 1 fully saturated rings. The monoisotopic (exact) mass is 384 g/mol. The molecule has 0 bridgehead atoms. The third-order valence-corrected chi connectivity index (χ3v) is 3.80. The van der Waals surface area contributed by atoms with E-state index in [-0.39, 0.29) is 12.4 Å². The van der Waals surface area contributed by atoms with Gasteiger partial charge in [0.2, 0.25) is 0 Å². The number of rotatable bonds is 3. The topological polar surface area (TPSA) is 102 Å². The highest BCUT2D eigenvalue weighted by Crippen LogP contribution is 2.31. The molecule has 0 unspecified atom stereocenters. The lowest BCUT2D eigenvalue weighted by atomic mass is 10.1. The summed E-state index contributed by atoms with van der Waals surface area (Å²) >= 11 is 1.79. The average Bonchev–Trinajstić information content (AvgIpc) is 2.70. The van der Waals surface area contributed by atoms with Crippen molar-refractivity contribution < 1.29 is 14.2 Å². The lowest BCUT2D eigenvalue weighted by Crippen LogP contribution is -2.40. The van der Waals surface area contributed by atoms with Gasteiger partial charge in [0.05, 0.1) is 12.6 Å². The Morgan fingerprint density at radius 3 is 2.95 bits per heavy atom. The van der Waals surface area contributed by atoms with Gasteiger partial charge in [-0.3, -0.25) is 8.10 Å². The van der Waals surface area contributed by atoms with Crippen molar-refractivity contribution in [3.05, 3.63) is 22.2 Å². The van der Waals surface area contributed by atoms with Crippen molar-refractivity contribution in [3.63, 3.8) is 0 Å². The van der Waals surface area contributed by atoms with Gasteiger partial charge in [-0.1, -0.05) is 0 Å². The third kappa shape index (κ3) is 2.59. The van der Waals surface area contributed by atoms with E-state index in [1.54, 1.807) is 29.8 Å². The molecule has 19 heavy (non-hydrogen) atoms. The number of aromatic nitrogens is 2. The Hall–Kier alpha value is -0.780. The fourth-order valence-corrected chi connectivity index (χ4v) is 2.73. The second-order valence-corrected chi connectivity index (χ2v) is 4.95. The fourth-order valence-electron chi connectivity index (χ4n) is 1.99. The van der Waals surface area contributed by atoms with Crippen LogP contribution in [0.2, 0.25) is 0 Å². The van der Waals surface area contributed by atoms with Gasteiger partial charge >= 0.3 is 5.69 Å². The van der Waals surface area contributed by atoms with Crippen LogP contribution in [0.25, 0.3) is 0 Å². The van der Waals surface area contributed by atoms with Crippen LogP contribution in [0.15, 0.2) is 11.0 Å². The summed E-state index contributed by atoms with van der Waals surface area (Å²) in [4.78, 5) is 15.4. The molecule has 1 aromatic rings. The molecule has 0 saturated carbocycles. The molecule has 0 spiro atoms. The first-order valence-electron chi connectivity index (χ1n) is 5.61. The van der Waals surface area contributed by atoms with Gasteiger partial charge in [0.25, 0.3) is 0 Å². The maximum absolute atomic E-state index is 14.3. The highest BCUT2D eigenvalue weighted by Gasteiger charge is 2.45. The zero-order chi connectivity index (χ0) is 14.2. The minimum Gasteiger partial charge on any atom is -0.394 e. The summed E-state index contributed by atoms with van der Waals surface area (Å²) in [5.74, 6) is 0.108. The Morgan fingerprint density at radius 2 is 2.42 bits per heavy atom. The molecule has 1 aliphatic heterocycles. The maximum Gasteiger partial charge on any atom is 0.351 e. The summed E-state index contributed by atoms with van der Waals surface area (Å²) in [5.41, 5.74) is 5.40. The normalized spacial score (nSPS) is 30.7. The molecular formula is C10H14FIN4O3. The number of nitrogens with zero attached hydrogens (tertiary/aromatic N) is 2. The van der Waals surface area contributed by atoms with Crippen LogP contribution < -0.4 is 15.0 Å². The number of nitrogens with two attached hydrogens (primary N) is 1. The number of ether oxygens (including phenoxy) is 1. The highest BCUT2D eigenvalue weighted by molar-refractivity contribution is 14.1. The number of hydrogen-bond acceptors (Lipinski definition) is 6. The zero-order valence-corrected chi connectivity index (χ0v) is 12.2. The standard InChI is InChI=1S/C10H14FIN4O3/c1-4-2-16(10(18)14-8(4)13)9-6(11)7(15-12)5(3-17)19-9/h2,5-7,9,15,17H,3H2,1H3,(H2,13,14,18)/t5-,6+,7-,9-/m1/s1. The Kier molecular flexibility index (Phi) is 4.38. The molecular weight excluding hydrogens is 370 g/mol. The number of halogens is 2. The van der Waals surface area contributed by atoms with Crippen LogP contribution in [0.3, 0.4) is 0 Å². The Balaban J connectivity index is 2.38. The molecule has 1 aromatic heterocycles. The number of nitrogen functional groups attached to an aromatic ring is 1. The van der Waals surface area contributed by atoms with E-state index >= 15 is 0 Å². The Labute approximate surface area is 122 Å². The van der Waals surface area contributed by atoms with E-state index in [4.69, 9.17) is 15.6 Å². The van der Waals surface area contributed by atoms with Crippen LogP contribution in [0.1, 0.15) is 11.8 Å². The molecule has 0 aliphatic carbocycles. The van der Waals surface area contributed by atoms with Gasteiger partial charge in [-0.25, -0.2) is 9.18 Å². The molecule has 0 radical (unpaired) electrons. The minimum atomic E-state index is -1.48. The van der Waals surface area contributed by atoms with Gasteiger partial charge in [0.15, 0.2) is 12.4 Å². The van der Waals surface area contributed by atoms with Crippen molar-refractivity contribution in [1.29, 1.82) is 0 Å². The predicted octanol–water partition coefficient (Wildman–Crippen LogP) is -0.330. The number of alkyl halides is 1. The summed E-state index contributed by atoms with van der Waals surface area (Å²) in [6, 6.07) is -0.694. The fraction of sp³-hybridized carbons (Fsp3) is 0.600. The second-order valence-electron chi connectivity index (χ2n) is 4.33. The molecule has 7 nitrogen and oxygen atoms in total. The quantitative estimate of drug-likeness (QED) is 0.487. The number of hydrogen-bond donors (Lipinski definition) is 3. The van der Waals surface area contributed by atoms with Crippen molar-refractivity contribution in [3.8, 4) is 0 Å². The van der Waals surface area contributed by atoms with Crippen molar-refractivity contribution in [2.24, 2.45) is 0 Å². The highest BCUT2D eigenvalue weighted by atomic mass is 127. The number of nitrogens with one attached hydrogen (secondary N) is 1. The van der Waals surface area contributed by atoms with Crippen molar-refractivity contribution in [2.75, 3.05) is 12.3 Å². The largest absolute Gasteiger partial charge is 0.394 e.